The number of hydrogen-bond donors (Lipinski definition) is 1. The van der Waals surface area contributed by atoms with Crippen molar-refractivity contribution in [3.05, 3.63) is 81.8 Å². The van der Waals surface area contributed by atoms with E-state index in [4.69, 9.17) is 0 Å². The first kappa shape index (κ1) is 19.7. The van der Waals surface area contributed by atoms with Crippen molar-refractivity contribution >= 4 is 46.3 Å². The van der Waals surface area contributed by atoms with Gasteiger partial charge in [-0.05, 0) is 53.8 Å². The Hall–Kier alpha value is -2.64. The van der Waals surface area contributed by atoms with Crippen LogP contribution in [0.15, 0.2) is 60.0 Å². The molecule has 1 aliphatic rings. The van der Waals surface area contributed by atoms with Gasteiger partial charge < -0.3 is 5.32 Å². The molecule has 0 bridgehead atoms. The Balaban J connectivity index is 1.57. The normalized spacial score (nSPS) is 16.3. The van der Waals surface area contributed by atoms with Crippen LogP contribution in [0.25, 0.3) is 0 Å². The number of carbonyl (C=O) groups is 2. The molecule has 1 N–H and O–H groups in total. The van der Waals surface area contributed by atoms with Crippen LogP contribution >= 0.6 is 23.1 Å². The van der Waals surface area contributed by atoms with E-state index in [9.17, 15) is 14.0 Å². The van der Waals surface area contributed by atoms with E-state index in [1.165, 1.54) is 22.7 Å². The molecule has 1 aliphatic heterocycles. The summed E-state index contributed by atoms with van der Waals surface area (Å²) >= 11 is 2.99. The van der Waals surface area contributed by atoms with E-state index >= 15 is 0 Å². The first-order chi connectivity index (χ1) is 14.0. The second kappa shape index (κ2) is 8.39. The highest BCUT2D eigenvalue weighted by molar-refractivity contribution is 8.00. The number of halogens is 1. The molecular weight excluding hydrogens is 407 g/mol. The molecule has 1 fully saturated rings. The van der Waals surface area contributed by atoms with E-state index in [0.717, 1.165) is 16.0 Å². The van der Waals surface area contributed by atoms with Crippen LogP contribution in [0, 0.1) is 12.7 Å². The van der Waals surface area contributed by atoms with Crippen molar-refractivity contribution in [3.63, 3.8) is 0 Å². The lowest BCUT2D eigenvalue weighted by molar-refractivity contribution is -0.116. The average molecular weight is 427 g/mol. The molecule has 0 saturated carbocycles. The molecule has 1 aromatic heterocycles. The molecule has 7 heteroatoms. The second-order valence-electron chi connectivity index (χ2n) is 6.81. The molecular formula is C22H19FN2O2S2. The Morgan fingerprint density at radius 1 is 1.21 bits per heavy atom. The Morgan fingerprint density at radius 3 is 2.86 bits per heavy atom. The van der Waals surface area contributed by atoms with Gasteiger partial charge in [0.2, 0.25) is 11.8 Å². The van der Waals surface area contributed by atoms with E-state index in [-0.39, 0.29) is 28.6 Å². The summed E-state index contributed by atoms with van der Waals surface area (Å²) in [6.07, 6.45) is 0.319. The number of nitrogens with one attached hydrogen (secondary N) is 1. The van der Waals surface area contributed by atoms with E-state index in [1.54, 1.807) is 23.5 Å². The minimum absolute atomic E-state index is 0.0960. The molecule has 3 aromatic rings. The third-order valence-electron chi connectivity index (χ3n) is 4.60. The summed E-state index contributed by atoms with van der Waals surface area (Å²) in [6.45, 7) is 1.87. The highest BCUT2D eigenvalue weighted by Gasteiger charge is 2.35. The second-order valence-corrected chi connectivity index (χ2v) is 8.91. The quantitative estimate of drug-likeness (QED) is 0.613. The van der Waals surface area contributed by atoms with Crippen molar-refractivity contribution in [2.75, 3.05) is 16.0 Å². The topological polar surface area (TPSA) is 49.4 Å². The monoisotopic (exact) mass is 426 g/mol. The highest BCUT2D eigenvalue weighted by Crippen LogP contribution is 2.43. The van der Waals surface area contributed by atoms with Gasteiger partial charge in [0.25, 0.3) is 0 Å². The van der Waals surface area contributed by atoms with Gasteiger partial charge in [-0.25, -0.2) is 4.39 Å². The molecule has 4 nitrogen and oxygen atoms in total. The standard InChI is InChI=1S/C22H19FN2O2S2/c1-14-7-8-18(23)19(10-14)25-21(27)13-29-22(25)15-4-2-5-16(11-15)24-20(26)12-17-6-3-9-28-17/h2-11,22H,12-13H2,1H3,(H,24,26). The lowest BCUT2D eigenvalue weighted by Crippen LogP contribution is -2.28. The van der Waals surface area contributed by atoms with Gasteiger partial charge in [0.15, 0.2) is 0 Å². The molecule has 1 saturated heterocycles. The molecule has 1 atom stereocenters. The van der Waals surface area contributed by atoms with Crippen LogP contribution in [0.2, 0.25) is 0 Å². The summed E-state index contributed by atoms with van der Waals surface area (Å²) in [6, 6.07) is 16.0. The fourth-order valence-electron chi connectivity index (χ4n) is 3.28. The van der Waals surface area contributed by atoms with Gasteiger partial charge in [0.1, 0.15) is 11.2 Å². The maximum Gasteiger partial charge on any atom is 0.238 e. The van der Waals surface area contributed by atoms with Crippen molar-refractivity contribution in [1.82, 2.24) is 0 Å². The third-order valence-corrected chi connectivity index (χ3v) is 6.69. The number of carbonyl (C=O) groups excluding carboxylic acids is 2. The lowest BCUT2D eigenvalue weighted by Gasteiger charge is -2.25. The first-order valence-electron chi connectivity index (χ1n) is 9.13. The van der Waals surface area contributed by atoms with E-state index in [2.05, 4.69) is 5.32 Å². The van der Waals surface area contributed by atoms with Gasteiger partial charge in [-0.15, -0.1) is 23.1 Å². The lowest BCUT2D eigenvalue weighted by atomic mass is 10.1. The van der Waals surface area contributed by atoms with Crippen LogP contribution < -0.4 is 10.2 Å². The van der Waals surface area contributed by atoms with E-state index in [0.29, 0.717) is 12.1 Å². The maximum atomic E-state index is 14.5. The van der Waals surface area contributed by atoms with Crippen LogP contribution in [-0.4, -0.2) is 17.6 Å². The Bertz CT molecular complexity index is 1050. The van der Waals surface area contributed by atoms with Crippen LogP contribution in [0.3, 0.4) is 0 Å². The zero-order valence-corrected chi connectivity index (χ0v) is 17.4. The van der Waals surface area contributed by atoms with Crippen molar-refractivity contribution < 1.29 is 14.0 Å². The van der Waals surface area contributed by atoms with Gasteiger partial charge in [-0.2, -0.15) is 0 Å². The van der Waals surface area contributed by atoms with E-state index in [1.807, 2.05) is 48.7 Å². The van der Waals surface area contributed by atoms with Crippen LogP contribution in [-0.2, 0) is 16.0 Å². The minimum atomic E-state index is -0.420. The molecule has 2 aromatic carbocycles. The number of benzene rings is 2. The maximum absolute atomic E-state index is 14.5. The van der Waals surface area contributed by atoms with Crippen LogP contribution in [0.5, 0.6) is 0 Å². The minimum Gasteiger partial charge on any atom is -0.326 e. The van der Waals surface area contributed by atoms with Crippen LogP contribution in [0.4, 0.5) is 15.8 Å². The number of thiophene rings is 1. The number of anilines is 2. The summed E-state index contributed by atoms with van der Waals surface area (Å²) in [5.74, 6) is -0.359. The first-order valence-corrected chi connectivity index (χ1v) is 11.1. The Labute approximate surface area is 176 Å². The smallest absolute Gasteiger partial charge is 0.238 e. The summed E-state index contributed by atoms with van der Waals surface area (Å²) in [5.41, 5.74) is 2.68. The van der Waals surface area contributed by atoms with Crippen molar-refractivity contribution in [2.45, 2.75) is 18.7 Å². The number of hydrogen-bond acceptors (Lipinski definition) is 4. The van der Waals surface area contributed by atoms with Gasteiger partial charge >= 0.3 is 0 Å². The summed E-state index contributed by atoms with van der Waals surface area (Å²) in [7, 11) is 0. The van der Waals surface area contributed by atoms with Crippen molar-refractivity contribution in [1.29, 1.82) is 0 Å². The predicted molar refractivity (Wildman–Crippen MR) is 117 cm³/mol. The summed E-state index contributed by atoms with van der Waals surface area (Å²) in [4.78, 5) is 27.4. The molecule has 2 heterocycles. The molecule has 1 unspecified atom stereocenters. The van der Waals surface area contributed by atoms with Gasteiger partial charge in [-0.3, -0.25) is 14.5 Å². The van der Waals surface area contributed by atoms with Gasteiger partial charge in [-0.1, -0.05) is 24.3 Å². The molecule has 0 spiro atoms. The summed E-state index contributed by atoms with van der Waals surface area (Å²) < 4.78 is 14.5. The Kier molecular flexibility index (Phi) is 5.69. The van der Waals surface area contributed by atoms with Gasteiger partial charge in [0.05, 0.1) is 17.9 Å². The molecule has 0 aliphatic carbocycles. The number of amides is 2. The average Bonchev–Trinajstić information content (AvgIpc) is 3.33. The van der Waals surface area contributed by atoms with Crippen molar-refractivity contribution in [2.24, 2.45) is 0 Å². The zero-order valence-electron chi connectivity index (χ0n) is 15.7. The fourth-order valence-corrected chi connectivity index (χ4v) is 5.15. The largest absolute Gasteiger partial charge is 0.326 e. The van der Waals surface area contributed by atoms with Crippen LogP contribution in [0.1, 0.15) is 21.4 Å². The third kappa shape index (κ3) is 4.36. The Morgan fingerprint density at radius 2 is 2.07 bits per heavy atom. The fraction of sp³-hybridized carbons (Fsp3) is 0.182. The molecule has 4 rings (SSSR count). The van der Waals surface area contributed by atoms with Crippen molar-refractivity contribution in [3.8, 4) is 0 Å². The molecule has 2 amide bonds. The van der Waals surface area contributed by atoms with Gasteiger partial charge in [0, 0.05) is 10.6 Å². The highest BCUT2D eigenvalue weighted by atomic mass is 32.2. The number of thioether (sulfide) groups is 1. The molecule has 0 radical (unpaired) electrons. The summed E-state index contributed by atoms with van der Waals surface area (Å²) in [5, 5.41) is 4.51. The number of nitrogens with zero attached hydrogens (tertiary/aromatic N) is 1. The number of aryl methyl sites for hydroxylation is 1. The van der Waals surface area contributed by atoms with E-state index < -0.39 is 5.82 Å². The number of rotatable bonds is 5. The predicted octanol–water partition coefficient (Wildman–Crippen LogP) is 5.16. The zero-order chi connectivity index (χ0) is 20.4. The molecule has 148 valence electrons. The SMILES string of the molecule is Cc1ccc(F)c(N2C(=O)CSC2c2cccc(NC(=O)Cc3cccs3)c2)c1. The molecule has 29 heavy (non-hydrogen) atoms.